The van der Waals surface area contributed by atoms with Gasteiger partial charge in [0.2, 0.25) is 11.7 Å². The number of hydrogen-bond acceptors (Lipinski definition) is 5. The van der Waals surface area contributed by atoms with Crippen molar-refractivity contribution < 1.29 is 22.7 Å². The maximum absolute atomic E-state index is 13.4. The number of morpholine rings is 1. The maximum atomic E-state index is 13.4. The van der Waals surface area contributed by atoms with Crippen molar-refractivity contribution in [2.45, 2.75) is 18.8 Å². The largest absolute Gasteiger partial charge is 0.449 e. The second-order valence-corrected chi connectivity index (χ2v) is 7.97. The molecule has 0 spiro atoms. The van der Waals surface area contributed by atoms with Crippen LogP contribution < -0.4 is 5.32 Å². The van der Waals surface area contributed by atoms with Crippen LogP contribution in [0.2, 0.25) is 0 Å². The van der Waals surface area contributed by atoms with Crippen LogP contribution in [-0.2, 0) is 22.3 Å². The predicted molar refractivity (Wildman–Crippen MR) is 107 cm³/mol. The second-order valence-electron chi connectivity index (χ2n) is 6.99. The van der Waals surface area contributed by atoms with Crippen molar-refractivity contribution in [2.24, 2.45) is 0 Å². The minimum atomic E-state index is -4.65. The highest BCUT2D eigenvalue weighted by atomic mass is 32.1. The predicted octanol–water partition coefficient (Wildman–Crippen LogP) is 3.31. The maximum Gasteiger partial charge on any atom is 0.449 e. The summed E-state index contributed by atoms with van der Waals surface area (Å²) in [5.74, 6) is -1.56. The number of fused-ring (bicyclic) bond motifs is 1. The van der Waals surface area contributed by atoms with Gasteiger partial charge in [0, 0.05) is 24.5 Å². The Kier molecular flexibility index (Phi) is 6.07. The van der Waals surface area contributed by atoms with Crippen LogP contribution in [0.4, 0.5) is 13.2 Å². The van der Waals surface area contributed by atoms with Crippen LogP contribution in [0.3, 0.4) is 0 Å². The minimum absolute atomic E-state index is 0.0422. The molecule has 1 aliphatic heterocycles. The topological polar surface area (TPSA) is 59.4 Å². The average molecular weight is 438 g/mol. The molecule has 0 radical (unpaired) electrons. The molecule has 1 unspecified atom stereocenters. The number of carbonyl (C=O) groups excluding carboxylic acids is 1. The van der Waals surface area contributed by atoms with Gasteiger partial charge in [-0.3, -0.25) is 9.69 Å². The molecule has 1 amide bonds. The van der Waals surface area contributed by atoms with Crippen LogP contribution in [0.15, 0.2) is 41.8 Å². The van der Waals surface area contributed by atoms with Gasteiger partial charge in [-0.15, -0.1) is 11.3 Å². The van der Waals surface area contributed by atoms with E-state index in [1.807, 2.05) is 17.5 Å². The van der Waals surface area contributed by atoms with E-state index in [-0.39, 0.29) is 17.1 Å². The second kappa shape index (κ2) is 8.75. The molecule has 2 aromatic heterocycles. The third-order valence-electron chi connectivity index (χ3n) is 5.06. The smallest absolute Gasteiger partial charge is 0.379 e. The number of para-hydroxylation sites is 2. The molecule has 1 fully saturated rings. The lowest BCUT2D eigenvalue weighted by molar-refractivity contribution is -0.147. The van der Waals surface area contributed by atoms with E-state index in [0.29, 0.717) is 19.8 Å². The van der Waals surface area contributed by atoms with E-state index >= 15 is 0 Å². The Balaban J connectivity index is 1.50. The lowest BCUT2D eigenvalue weighted by Gasteiger charge is -2.34. The fourth-order valence-corrected chi connectivity index (χ4v) is 4.50. The van der Waals surface area contributed by atoms with Gasteiger partial charge >= 0.3 is 6.18 Å². The number of imidazole rings is 1. The molecule has 1 aromatic carbocycles. The standard InChI is InChI=1S/C20H21F3N4O2S/c21-20(22,23)19-25-14-4-1-2-5-15(14)27(19)13-18(28)24-12-16(17-6-3-11-30-17)26-7-9-29-10-8-26/h1-6,11,16H,7-10,12-13H2,(H,24,28). The van der Waals surface area contributed by atoms with E-state index in [1.165, 1.54) is 12.1 Å². The van der Waals surface area contributed by atoms with Crippen LogP contribution in [-0.4, -0.2) is 53.2 Å². The molecule has 1 N–H and O–H groups in total. The number of rotatable bonds is 6. The van der Waals surface area contributed by atoms with Crippen LogP contribution in [0.25, 0.3) is 11.0 Å². The number of aromatic nitrogens is 2. The lowest BCUT2D eigenvalue weighted by Crippen LogP contribution is -2.44. The molecule has 10 heteroatoms. The van der Waals surface area contributed by atoms with E-state index in [9.17, 15) is 18.0 Å². The first-order chi connectivity index (χ1) is 14.4. The van der Waals surface area contributed by atoms with Gasteiger partial charge in [0.05, 0.1) is 30.3 Å². The van der Waals surface area contributed by atoms with E-state index in [1.54, 1.807) is 23.5 Å². The van der Waals surface area contributed by atoms with Crippen molar-refractivity contribution in [1.82, 2.24) is 19.8 Å². The van der Waals surface area contributed by atoms with Gasteiger partial charge in [-0.1, -0.05) is 18.2 Å². The third kappa shape index (κ3) is 4.50. The molecule has 0 bridgehead atoms. The van der Waals surface area contributed by atoms with Gasteiger partial charge in [0.15, 0.2) is 0 Å². The van der Waals surface area contributed by atoms with Crippen LogP contribution >= 0.6 is 11.3 Å². The van der Waals surface area contributed by atoms with Crippen molar-refractivity contribution in [2.75, 3.05) is 32.8 Å². The van der Waals surface area contributed by atoms with Crippen molar-refractivity contribution in [1.29, 1.82) is 0 Å². The molecule has 1 saturated heterocycles. The Bertz CT molecular complexity index is 997. The van der Waals surface area contributed by atoms with E-state index in [0.717, 1.165) is 22.5 Å². The first kappa shape index (κ1) is 20.8. The summed E-state index contributed by atoms with van der Waals surface area (Å²) in [6, 6.07) is 10.2. The molecule has 1 aliphatic rings. The summed E-state index contributed by atoms with van der Waals surface area (Å²) in [7, 11) is 0. The van der Waals surface area contributed by atoms with Crippen LogP contribution in [0.5, 0.6) is 0 Å². The number of ether oxygens (including phenoxy) is 1. The van der Waals surface area contributed by atoms with Gasteiger partial charge in [0.25, 0.3) is 0 Å². The molecular weight excluding hydrogens is 417 g/mol. The highest BCUT2D eigenvalue weighted by Gasteiger charge is 2.38. The van der Waals surface area contributed by atoms with Gasteiger partial charge in [0.1, 0.15) is 6.54 Å². The summed E-state index contributed by atoms with van der Waals surface area (Å²) < 4.78 is 46.7. The van der Waals surface area contributed by atoms with E-state index in [4.69, 9.17) is 4.74 Å². The number of amides is 1. The Morgan fingerprint density at radius 2 is 1.97 bits per heavy atom. The van der Waals surface area contributed by atoms with Crippen LogP contribution in [0.1, 0.15) is 16.7 Å². The monoisotopic (exact) mass is 438 g/mol. The van der Waals surface area contributed by atoms with Gasteiger partial charge < -0.3 is 14.6 Å². The number of thiophene rings is 1. The third-order valence-corrected chi connectivity index (χ3v) is 6.03. The molecular formula is C20H21F3N4O2S. The fourth-order valence-electron chi connectivity index (χ4n) is 3.64. The average Bonchev–Trinajstić information content (AvgIpc) is 3.38. The number of hydrogen-bond donors (Lipinski definition) is 1. The van der Waals surface area contributed by atoms with Crippen molar-refractivity contribution >= 4 is 28.3 Å². The summed E-state index contributed by atoms with van der Waals surface area (Å²) in [4.78, 5) is 19.6. The number of carbonyl (C=O) groups is 1. The van der Waals surface area contributed by atoms with Crippen LogP contribution in [0, 0.1) is 0 Å². The summed E-state index contributed by atoms with van der Waals surface area (Å²) in [6.45, 7) is 2.58. The Morgan fingerprint density at radius 1 is 1.20 bits per heavy atom. The molecule has 0 aliphatic carbocycles. The summed E-state index contributed by atoms with van der Waals surface area (Å²) in [5.41, 5.74) is 0.491. The summed E-state index contributed by atoms with van der Waals surface area (Å²) in [6.07, 6.45) is -4.65. The molecule has 30 heavy (non-hydrogen) atoms. The molecule has 0 saturated carbocycles. The SMILES string of the molecule is O=C(Cn1c(C(F)(F)F)nc2ccccc21)NCC(c1cccs1)N1CCOCC1. The molecule has 160 valence electrons. The highest BCUT2D eigenvalue weighted by molar-refractivity contribution is 7.10. The van der Waals surface area contributed by atoms with Gasteiger partial charge in [-0.2, -0.15) is 13.2 Å². The van der Waals surface area contributed by atoms with Gasteiger partial charge in [-0.05, 0) is 23.6 Å². The summed E-state index contributed by atoms with van der Waals surface area (Å²) in [5, 5.41) is 4.79. The highest BCUT2D eigenvalue weighted by Crippen LogP contribution is 2.31. The zero-order chi connectivity index (χ0) is 21.1. The quantitative estimate of drug-likeness (QED) is 0.642. The first-order valence-electron chi connectivity index (χ1n) is 9.58. The minimum Gasteiger partial charge on any atom is -0.379 e. The van der Waals surface area contributed by atoms with E-state index < -0.39 is 24.5 Å². The molecule has 4 rings (SSSR count). The molecule has 3 heterocycles. The molecule has 1 atom stereocenters. The Hall–Kier alpha value is -2.43. The molecule has 6 nitrogen and oxygen atoms in total. The van der Waals surface area contributed by atoms with Crippen molar-refractivity contribution in [3.05, 3.63) is 52.5 Å². The summed E-state index contributed by atoms with van der Waals surface area (Å²) >= 11 is 1.59. The normalized spacial score (nSPS) is 16.6. The number of nitrogens with zero attached hydrogens (tertiary/aromatic N) is 3. The van der Waals surface area contributed by atoms with Crippen molar-refractivity contribution in [3.63, 3.8) is 0 Å². The first-order valence-corrected chi connectivity index (χ1v) is 10.5. The zero-order valence-corrected chi connectivity index (χ0v) is 16.9. The van der Waals surface area contributed by atoms with Crippen molar-refractivity contribution in [3.8, 4) is 0 Å². The lowest BCUT2D eigenvalue weighted by atomic mass is 10.2. The number of benzene rings is 1. The fraction of sp³-hybridized carbons (Fsp3) is 0.400. The Morgan fingerprint density at radius 3 is 2.67 bits per heavy atom. The molecule has 3 aromatic rings. The van der Waals surface area contributed by atoms with Gasteiger partial charge in [-0.25, -0.2) is 4.98 Å². The number of halogens is 3. The van der Waals surface area contributed by atoms with E-state index in [2.05, 4.69) is 15.2 Å². The number of nitrogens with one attached hydrogen (secondary N) is 1. The zero-order valence-electron chi connectivity index (χ0n) is 16.1. The number of alkyl halides is 3. The Labute approximate surface area is 175 Å².